The van der Waals surface area contributed by atoms with Crippen molar-refractivity contribution >= 4 is 39.6 Å². The van der Waals surface area contributed by atoms with Gasteiger partial charge in [-0.3, -0.25) is 19.5 Å². The minimum atomic E-state index is -2.43. The summed E-state index contributed by atoms with van der Waals surface area (Å²) < 4.78 is 14.2. The third-order valence-corrected chi connectivity index (χ3v) is 15.8. The fourth-order valence-electron chi connectivity index (χ4n) is 12.0. The zero-order chi connectivity index (χ0) is 49.1. The first-order valence-electron chi connectivity index (χ1n) is 24.6. The SMILES string of the molecule is CCC1C2=CC=NC2=C[NH+]1c1c2c(cc3c(=O)cc(C)oc13)C[C@@H](OOC[C@@](O)(Cc1ccc(O)c3ccc(O)cc13)[C@@H](O)[C@H](O)[C@H](O)CO)[C@@]1(C[C@@H]([C@H]3CNC(=O)C3)C=C[C@H]1CNC1CCCC1)O2. The van der Waals surface area contributed by atoms with Crippen molar-refractivity contribution in [3.05, 3.63) is 105 Å². The molecule has 0 bridgehead atoms. The topological polar surface area (TPSA) is 257 Å². The van der Waals surface area contributed by atoms with E-state index in [9.17, 15) is 45.3 Å². The number of aliphatic imine (C=N–C) groups is 1. The predicted octanol–water partition coefficient (Wildman–Crippen LogP) is 2.73. The number of amides is 1. The Hall–Kier alpha value is -5.47. The highest BCUT2D eigenvalue weighted by atomic mass is 17.2. The van der Waals surface area contributed by atoms with E-state index in [1.165, 1.54) is 36.4 Å². The standard InChI is InChI=1S/C53H62N4O13/c1-3-41-37-14-15-54-40(37)25-57(41)47-49-31(17-39-43(61)16-28(2)68-50(39)47)18-45(53(69-49)22-29(32-19-46(63)56-23-32)8-10-33(53)24-55-34-6-4-5-7-34)70-67-27-52(66,51(65)48(64)44(62)26-58)21-30-9-13-42(60)36-12-11-35(59)20-38(30)36/h8-17,20,25,29,32-34,41,44-45,48,51,55,58-60,62,64-66H,3-7,18-19,21-24,26-27H2,1-2H3,(H,56,63)/p+1/t29-,32+,33-,41?,44+,45+,48+,51-,52-,53-/m0/s1. The molecular formula is C53H63N4O13+. The number of phenols is 2. The van der Waals surface area contributed by atoms with Crippen molar-refractivity contribution in [1.82, 2.24) is 10.6 Å². The summed E-state index contributed by atoms with van der Waals surface area (Å²) in [6, 6.07) is 10.7. The smallest absolute Gasteiger partial charge is 0.222 e. The van der Waals surface area contributed by atoms with E-state index in [0.29, 0.717) is 76.0 Å². The third kappa shape index (κ3) is 8.75. The highest BCUT2D eigenvalue weighted by Gasteiger charge is 2.57. The molecule has 4 aromatic rings. The van der Waals surface area contributed by atoms with Gasteiger partial charge in [0.2, 0.25) is 17.2 Å². The second-order valence-electron chi connectivity index (χ2n) is 20.2. The van der Waals surface area contributed by atoms with Crippen LogP contribution in [0, 0.1) is 24.7 Å². The molecule has 4 aliphatic heterocycles. The number of aromatic hydroxyl groups is 2. The van der Waals surface area contributed by atoms with Gasteiger partial charge in [0.05, 0.1) is 12.0 Å². The molecule has 2 fully saturated rings. The van der Waals surface area contributed by atoms with Crippen LogP contribution in [-0.2, 0) is 27.4 Å². The van der Waals surface area contributed by atoms with Crippen molar-refractivity contribution in [2.24, 2.45) is 22.7 Å². The van der Waals surface area contributed by atoms with Crippen LogP contribution in [0.25, 0.3) is 21.7 Å². The Morgan fingerprint density at radius 3 is 2.60 bits per heavy atom. The fourth-order valence-corrected chi connectivity index (χ4v) is 12.0. The number of nitrogens with one attached hydrogen (secondary N) is 3. The molecule has 17 nitrogen and oxygen atoms in total. The monoisotopic (exact) mass is 963 g/mol. The third-order valence-electron chi connectivity index (χ3n) is 15.8. The van der Waals surface area contributed by atoms with Crippen molar-refractivity contribution in [3.63, 3.8) is 0 Å². The molecule has 3 aromatic carbocycles. The van der Waals surface area contributed by atoms with Crippen molar-refractivity contribution < 1.29 is 64.4 Å². The molecule has 10 rings (SSSR count). The fraction of sp³-hybridized carbons (Fsp3) is 0.491. The van der Waals surface area contributed by atoms with E-state index in [4.69, 9.17) is 18.9 Å². The minimum Gasteiger partial charge on any atom is -0.508 e. The van der Waals surface area contributed by atoms with E-state index < -0.39 is 55.3 Å². The molecule has 1 spiro atoms. The van der Waals surface area contributed by atoms with Crippen LogP contribution >= 0.6 is 0 Å². The number of hydrogen-bond donors (Lipinski definition) is 10. The lowest BCUT2D eigenvalue weighted by Gasteiger charge is -2.51. The number of aliphatic hydroxyl groups excluding tert-OH is 4. The lowest BCUT2D eigenvalue weighted by Crippen LogP contribution is -3.05. The number of nitrogens with zero attached hydrogens (tertiary/aromatic N) is 1. The Morgan fingerprint density at radius 1 is 1.03 bits per heavy atom. The number of carbonyl (C=O) groups is 1. The lowest BCUT2D eigenvalue weighted by atomic mass is 9.66. The van der Waals surface area contributed by atoms with Gasteiger partial charge in [-0.15, -0.1) is 0 Å². The van der Waals surface area contributed by atoms with Crippen molar-refractivity contribution in [2.45, 2.75) is 119 Å². The largest absolute Gasteiger partial charge is 0.508 e. The lowest BCUT2D eigenvalue weighted by molar-refractivity contribution is -0.793. The molecule has 5 heterocycles. The molecule has 70 heavy (non-hydrogen) atoms. The van der Waals surface area contributed by atoms with Gasteiger partial charge < -0.3 is 55.5 Å². The van der Waals surface area contributed by atoms with E-state index >= 15 is 0 Å². The molecule has 2 unspecified atom stereocenters. The Balaban J connectivity index is 1.09. The van der Waals surface area contributed by atoms with Crippen LogP contribution in [0.4, 0.5) is 5.69 Å². The van der Waals surface area contributed by atoms with Crippen LogP contribution in [0.15, 0.2) is 92.4 Å². The average Bonchev–Trinajstić information content (AvgIpc) is 4.18. The van der Waals surface area contributed by atoms with Gasteiger partial charge >= 0.3 is 0 Å². The first-order chi connectivity index (χ1) is 33.7. The van der Waals surface area contributed by atoms with Gasteiger partial charge in [0.1, 0.15) is 77.4 Å². The molecule has 1 saturated heterocycles. The summed E-state index contributed by atoms with van der Waals surface area (Å²) in [5.41, 5.74) is 0.0510. The summed E-state index contributed by atoms with van der Waals surface area (Å²) in [6.45, 7) is 3.11. The molecule has 17 heteroatoms. The number of hydrogen-bond acceptors (Lipinski definition) is 15. The summed E-state index contributed by atoms with van der Waals surface area (Å²) in [5, 5.41) is 84.7. The second-order valence-corrected chi connectivity index (χ2v) is 20.2. The van der Waals surface area contributed by atoms with E-state index in [0.717, 1.165) is 48.3 Å². The Bertz CT molecular complexity index is 2850. The number of fused-ring (bicyclic) bond motifs is 4. The maximum Gasteiger partial charge on any atom is 0.222 e. The summed E-state index contributed by atoms with van der Waals surface area (Å²) >= 11 is 0. The Morgan fingerprint density at radius 2 is 1.84 bits per heavy atom. The normalized spacial score (nSPS) is 28.4. The molecule has 2 aliphatic carbocycles. The van der Waals surface area contributed by atoms with Gasteiger partial charge in [-0.1, -0.05) is 38.0 Å². The number of benzene rings is 3. The molecule has 0 radical (unpaired) electrons. The minimum absolute atomic E-state index is 0.0376. The number of ether oxygens (including phenoxy) is 1. The molecule has 1 aromatic heterocycles. The molecular weight excluding hydrogens is 901 g/mol. The van der Waals surface area contributed by atoms with Crippen molar-refractivity contribution in [3.8, 4) is 17.2 Å². The van der Waals surface area contributed by atoms with Crippen LogP contribution in [-0.4, -0.2) is 122 Å². The number of aryl methyl sites for hydroxylation is 1. The van der Waals surface area contributed by atoms with Crippen LogP contribution in [0.5, 0.6) is 17.2 Å². The van der Waals surface area contributed by atoms with Gasteiger partial charge in [0, 0.05) is 79.5 Å². The predicted molar refractivity (Wildman–Crippen MR) is 258 cm³/mol. The number of allylic oxidation sites excluding steroid dienone is 2. The van der Waals surface area contributed by atoms with E-state index in [2.05, 4.69) is 34.7 Å². The molecule has 372 valence electrons. The van der Waals surface area contributed by atoms with Gasteiger partial charge in [-0.05, 0) is 85.4 Å². The highest BCUT2D eigenvalue weighted by molar-refractivity contribution is 5.92. The van der Waals surface area contributed by atoms with Crippen LogP contribution < -0.4 is 25.7 Å². The van der Waals surface area contributed by atoms with Gasteiger partial charge in [0.15, 0.2) is 11.2 Å². The molecule has 1 saturated carbocycles. The quantitative estimate of drug-likeness (QED) is 0.0441. The van der Waals surface area contributed by atoms with Crippen molar-refractivity contribution in [1.29, 1.82) is 0 Å². The molecule has 10 N–H and O–H groups in total. The Kier molecular flexibility index (Phi) is 13.3. The van der Waals surface area contributed by atoms with E-state index in [1.54, 1.807) is 19.2 Å². The van der Waals surface area contributed by atoms with Gasteiger partial charge in [0.25, 0.3) is 0 Å². The molecule has 6 aliphatic rings. The zero-order valence-electron chi connectivity index (χ0n) is 39.3. The van der Waals surface area contributed by atoms with E-state index in [-0.39, 0.29) is 59.1 Å². The first-order valence-corrected chi connectivity index (χ1v) is 24.6. The first kappa shape index (κ1) is 48.2. The Labute approximate surface area is 404 Å². The van der Waals surface area contributed by atoms with Crippen LogP contribution in [0.3, 0.4) is 0 Å². The average molecular weight is 964 g/mol. The number of quaternary nitrogens is 1. The van der Waals surface area contributed by atoms with Gasteiger partial charge in [-0.2, -0.15) is 0 Å². The summed E-state index contributed by atoms with van der Waals surface area (Å²) in [5.74, 6) is 0.146. The maximum atomic E-state index is 14.0. The van der Waals surface area contributed by atoms with Crippen molar-refractivity contribution in [2.75, 3.05) is 26.3 Å². The van der Waals surface area contributed by atoms with E-state index in [1.807, 2.05) is 12.3 Å². The number of carbonyl (C=O) groups excluding carboxylic acids is 1. The summed E-state index contributed by atoms with van der Waals surface area (Å²) in [6.07, 6.45) is 8.62. The number of rotatable bonds is 16. The maximum absolute atomic E-state index is 14.0. The highest BCUT2D eigenvalue weighted by Crippen LogP contribution is 2.51. The summed E-state index contributed by atoms with van der Waals surface area (Å²) in [4.78, 5) is 45.1. The molecule has 1 amide bonds. The molecule has 11 atom stereocenters. The second kappa shape index (κ2) is 19.3. The summed E-state index contributed by atoms with van der Waals surface area (Å²) in [7, 11) is 0. The van der Waals surface area contributed by atoms with Gasteiger partial charge in [-0.25, -0.2) is 9.78 Å². The zero-order valence-corrected chi connectivity index (χ0v) is 39.3. The van der Waals surface area contributed by atoms with Crippen LogP contribution in [0.2, 0.25) is 0 Å². The number of phenolic OH excluding ortho intramolecular Hbond substituents is 2. The van der Waals surface area contributed by atoms with Crippen LogP contribution in [0.1, 0.15) is 68.8 Å². The number of aliphatic hydroxyl groups is 5.